The van der Waals surface area contributed by atoms with Crippen LogP contribution in [-0.2, 0) is 28.9 Å². The lowest BCUT2D eigenvalue weighted by molar-refractivity contribution is -0.142. The van der Waals surface area contributed by atoms with E-state index in [-0.39, 0.29) is 12.0 Å². The van der Waals surface area contributed by atoms with E-state index in [1.54, 1.807) is 26.1 Å². The topological polar surface area (TPSA) is 122 Å². The lowest BCUT2D eigenvalue weighted by atomic mass is 9.90. The molecule has 0 spiro atoms. The normalized spacial score (nSPS) is 14.8. The van der Waals surface area contributed by atoms with Gasteiger partial charge in [-0.25, -0.2) is 9.59 Å². The van der Waals surface area contributed by atoms with Crippen molar-refractivity contribution in [1.82, 2.24) is 10.3 Å². The number of nitrogens with one attached hydrogen (secondary N) is 2. The number of carbonyl (C=O) groups excluding carboxylic acids is 1. The van der Waals surface area contributed by atoms with Crippen LogP contribution in [0, 0.1) is 6.92 Å². The molecule has 2 aromatic carbocycles. The Kier molecular flexibility index (Phi) is 6.26. The maximum absolute atomic E-state index is 12.9. The number of carbonyl (C=O) groups is 2. The van der Waals surface area contributed by atoms with E-state index >= 15 is 0 Å². The number of amides is 1. The van der Waals surface area contributed by atoms with Crippen molar-refractivity contribution < 1.29 is 23.8 Å². The number of carboxylic acid groups (broad SMARTS) is 1. The van der Waals surface area contributed by atoms with Crippen LogP contribution in [0.3, 0.4) is 0 Å². The number of fused-ring (bicyclic) bond motifs is 4. The molecule has 8 nitrogen and oxygen atoms in total. The Morgan fingerprint density at radius 1 is 1.11 bits per heavy atom. The Labute approximate surface area is 207 Å². The monoisotopic (exact) mass is 488 g/mol. The molecule has 0 aliphatic heterocycles. The van der Waals surface area contributed by atoms with Crippen molar-refractivity contribution in [1.29, 1.82) is 0 Å². The van der Waals surface area contributed by atoms with Gasteiger partial charge in [0.15, 0.2) is 6.10 Å². The molecule has 8 heteroatoms. The highest BCUT2D eigenvalue weighted by atomic mass is 16.5. The number of hydrogen-bond acceptors (Lipinski definition) is 5. The second-order valence-corrected chi connectivity index (χ2v) is 9.34. The number of hydrogen-bond donors (Lipinski definition) is 3. The van der Waals surface area contributed by atoms with Crippen LogP contribution in [0.4, 0.5) is 0 Å². The first-order valence-electron chi connectivity index (χ1n) is 12.2. The number of aromatic amines is 1. The van der Waals surface area contributed by atoms with Crippen LogP contribution >= 0.6 is 0 Å². The quantitative estimate of drug-likeness (QED) is 0.338. The van der Waals surface area contributed by atoms with Crippen molar-refractivity contribution in [3.63, 3.8) is 0 Å². The number of ether oxygens (including phenoxy) is 1. The van der Waals surface area contributed by atoms with Crippen LogP contribution in [0.25, 0.3) is 21.9 Å². The number of aliphatic carboxylic acids is 1. The van der Waals surface area contributed by atoms with Crippen LogP contribution in [0.15, 0.2) is 51.8 Å². The molecular formula is C28H28N2O6. The summed E-state index contributed by atoms with van der Waals surface area (Å²) in [6.07, 6.45) is 4.50. The average molecular weight is 489 g/mol. The number of para-hydroxylation sites is 1. The third kappa shape index (κ3) is 4.34. The van der Waals surface area contributed by atoms with Gasteiger partial charge < -0.3 is 24.6 Å². The largest absolute Gasteiger partial charge is 0.480 e. The zero-order chi connectivity index (χ0) is 25.4. The van der Waals surface area contributed by atoms with Gasteiger partial charge in [0, 0.05) is 40.0 Å². The van der Waals surface area contributed by atoms with E-state index in [4.69, 9.17) is 9.15 Å². The van der Waals surface area contributed by atoms with Crippen LogP contribution in [0.2, 0.25) is 0 Å². The predicted octanol–water partition coefficient (Wildman–Crippen LogP) is 4.04. The zero-order valence-corrected chi connectivity index (χ0v) is 20.2. The lowest BCUT2D eigenvalue weighted by Gasteiger charge is -2.21. The van der Waals surface area contributed by atoms with Crippen molar-refractivity contribution >= 4 is 33.7 Å². The van der Waals surface area contributed by atoms with Gasteiger partial charge in [-0.3, -0.25) is 4.79 Å². The van der Waals surface area contributed by atoms with Gasteiger partial charge in [0.2, 0.25) is 0 Å². The Bertz CT molecular complexity index is 1530. The molecular weight excluding hydrogens is 460 g/mol. The SMILES string of the molecule is Cc1c(O[C@H](C)C(=O)N[C@@H](Cc2c[nH]c3ccccc23)C(=O)O)ccc2c3c(c(=O)oc12)CCCC3. The molecule has 1 aliphatic rings. The van der Waals surface area contributed by atoms with E-state index in [2.05, 4.69) is 10.3 Å². The molecule has 36 heavy (non-hydrogen) atoms. The van der Waals surface area contributed by atoms with Crippen molar-refractivity contribution in [2.45, 2.75) is 58.1 Å². The molecule has 1 aliphatic carbocycles. The molecule has 1 amide bonds. The summed E-state index contributed by atoms with van der Waals surface area (Å²) in [5.74, 6) is -1.27. The minimum absolute atomic E-state index is 0.128. The summed E-state index contributed by atoms with van der Waals surface area (Å²) in [5.41, 5.74) is 4.28. The minimum atomic E-state index is -1.13. The molecule has 2 heterocycles. The van der Waals surface area contributed by atoms with E-state index in [0.717, 1.165) is 58.7 Å². The fraction of sp³-hybridized carbons (Fsp3) is 0.321. The molecule has 0 unspecified atom stereocenters. The molecule has 0 radical (unpaired) electrons. The maximum atomic E-state index is 12.9. The molecule has 186 valence electrons. The molecule has 0 saturated carbocycles. The second-order valence-electron chi connectivity index (χ2n) is 9.34. The molecule has 0 saturated heterocycles. The first-order valence-corrected chi connectivity index (χ1v) is 12.2. The van der Waals surface area contributed by atoms with Gasteiger partial charge in [-0.1, -0.05) is 18.2 Å². The van der Waals surface area contributed by atoms with Crippen LogP contribution < -0.4 is 15.7 Å². The first-order chi connectivity index (χ1) is 17.3. The molecule has 0 bridgehead atoms. The molecule has 0 fully saturated rings. The summed E-state index contributed by atoms with van der Waals surface area (Å²) in [5, 5.41) is 14.2. The van der Waals surface area contributed by atoms with Crippen molar-refractivity contribution in [2.75, 3.05) is 0 Å². The Morgan fingerprint density at radius 2 is 1.86 bits per heavy atom. The number of benzene rings is 2. The Balaban J connectivity index is 1.34. The molecule has 2 aromatic heterocycles. The summed E-state index contributed by atoms with van der Waals surface area (Å²) < 4.78 is 11.6. The number of aromatic nitrogens is 1. The fourth-order valence-corrected chi connectivity index (χ4v) is 5.01. The standard InChI is InChI=1S/C28H28N2O6/c1-15-24(12-11-20-19-8-3-4-9-21(19)28(34)36-25(15)20)35-16(2)26(31)30-23(27(32)33)13-17-14-29-22-10-6-5-7-18(17)22/h5-7,10-12,14,16,23,29H,3-4,8-9,13H2,1-2H3,(H,30,31)(H,32,33)/t16-,23+/m1/s1. The van der Waals surface area contributed by atoms with Gasteiger partial charge in [-0.05, 0) is 68.9 Å². The van der Waals surface area contributed by atoms with Gasteiger partial charge in [0.1, 0.15) is 17.4 Å². The minimum Gasteiger partial charge on any atom is -0.480 e. The highest BCUT2D eigenvalue weighted by Crippen LogP contribution is 2.33. The van der Waals surface area contributed by atoms with E-state index in [0.29, 0.717) is 16.9 Å². The van der Waals surface area contributed by atoms with E-state index in [1.165, 1.54) is 0 Å². The van der Waals surface area contributed by atoms with Crippen LogP contribution in [0.5, 0.6) is 5.75 Å². The third-order valence-corrected chi connectivity index (χ3v) is 6.98. The van der Waals surface area contributed by atoms with Gasteiger partial charge in [-0.15, -0.1) is 0 Å². The highest BCUT2D eigenvalue weighted by Gasteiger charge is 2.26. The lowest BCUT2D eigenvalue weighted by Crippen LogP contribution is -2.47. The van der Waals surface area contributed by atoms with Gasteiger partial charge in [-0.2, -0.15) is 0 Å². The zero-order valence-electron chi connectivity index (χ0n) is 20.2. The molecule has 5 rings (SSSR count). The summed E-state index contributed by atoms with van der Waals surface area (Å²) >= 11 is 0. The summed E-state index contributed by atoms with van der Waals surface area (Å²) in [6, 6.07) is 10.1. The van der Waals surface area contributed by atoms with Crippen molar-refractivity contribution in [3.8, 4) is 5.75 Å². The van der Waals surface area contributed by atoms with E-state index in [9.17, 15) is 19.5 Å². The van der Waals surface area contributed by atoms with E-state index < -0.39 is 24.0 Å². The van der Waals surface area contributed by atoms with Gasteiger partial charge in [0.05, 0.1) is 0 Å². The van der Waals surface area contributed by atoms with Crippen LogP contribution in [-0.4, -0.2) is 34.1 Å². The highest BCUT2D eigenvalue weighted by molar-refractivity contribution is 5.89. The summed E-state index contributed by atoms with van der Waals surface area (Å²) in [7, 11) is 0. The Hall–Kier alpha value is -4.07. The summed E-state index contributed by atoms with van der Waals surface area (Å²) in [6.45, 7) is 3.35. The van der Waals surface area contributed by atoms with Gasteiger partial charge >= 0.3 is 11.6 Å². The van der Waals surface area contributed by atoms with E-state index in [1.807, 2.05) is 30.3 Å². The number of carboxylic acids is 1. The predicted molar refractivity (Wildman–Crippen MR) is 136 cm³/mol. The fourth-order valence-electron chi connectivity index (χ4n) is 5.01. The second kappa shape index (κ2) is 9.53. The smallest absolute Gasteiger partial charge is 0.339 e. The van der Waals surface area contributed by atoms with Crippen molar-refractivity contribution in [3.05, 3.63) is 75.3 Å². The van der Waals surface area contributed by atoms with Gasteiger partial charge in [0.25, 0.3) is 5.91 Å². The Morgan fingerprint density at radius 3 is 2.64 bits per heavy atom. The molecule has 2 atom stereocenters. The molecule has 3 N–H and O–H groups in total. The number of aryl methyl sites for hydroxylation is 2. The number of H-pyrrole nitrogens is 1. The maximum Gasteiger partial charge on any atom is 0.339 e. The average Bonchev–Trinajstić information content (AvgIpc) is 3.28. The van der Waals surface area contributed by atoms with Crippen molar-refractivity contribution in [2.24, 2.45) is 0 Å². The summed E-state index contributed by atoms with van der Waals surface area (Å²) in [4.78, 5) is 40.5. The van der Waals surface area contributed by atoms with Crippen LogP contribution in [0.1, 0.15) is 42.0 Å². The number of rotatable bonds is 7. The first kappa shape index (κ1) is 23.7. The molecule has 4 aromatic rings. The third-order valence-electron chi connectivity index (χ3n) is 6.98.